The maximum Gasteiger partial charge on any atom is 0.149 e. The maximum atomic E-state index is 13.7. The van der Waals surface area contributed by atoms with Gasteiger partial charge in [0.1, 0.15) is 5.82 Å². The van der Waals surface area contributed by atoms with Gasteiger partial charge in [-0.1, -0.05) is 42.8 Å². The van der Waals surface area contributed by atoms with Crippen LogP contribution in [0.3, 0.4) is 0 Å². The third-order valence-corrected chi connectivity index (χ3v) is 2.69. The molecule has 0 bridgehead atoms. The van der Waals surface area contributed by atoms with Crippen LogP contribution < -0.4 is 0 Å². The number of aryl methyl sites for hydroxylation is 1. The Morgan fingerprint density at radius 2 is 2.00 bits per heavy atom. The van der Waals surface area contributed by atoms with Crippen LogP contribution in [-0.2, 0) is 6.42 Å². The van der Waals surface area contributed by atoms with Crippen molar-refractivity contribution in [3.05, 3.63) is 46.7 Å². The van der Waals surface area contributed by atoms with E-state index in [4.69, 9.17) is 11.6 Å². The van der Waals surface area contributed by atoms with Gasteiger partial charge in [0.25, 0.3) is 0 Å². The minimum atomic E-state index is -0.304. The van der Waals surface area contributed by atoms with Crippen molar-refractivity contribution >= 4 is 22.4 Å². The minimum Gasteiger partial charge on any atom is -0.205 e. The van der Waals surface area contributed by atoms with Gasteiger partial charge in [0, 0.05) is 5.39 Å². The first-order chi connectivity index (χ1) is 6.74. The van der Waals surface area contributed by atoms with E-state index < -0.39 is 0 Å². The predicted molar refractivity (Wildman–Crippen MR) is 58.3 cm³/mol. The molecule has 2 heteroatoms. The zero-order valence-electron chi connectivity index (χ0n) is 7.85. The largest absolute Gasteiger partial charge is 0.205 e. The van der Waals surface area contributed by atoms with Crippen LogP contribution in [0.1, 0.15) is 12.5 Å². The number of halogens is 2. The zero-order valence-corrected chi connectivity index (χ0v) is 8.61. The van der Waals surface area contributed by atoms with Crippen LogP contribution in [-0.4, -0.2) is 0 Å². The summed E-state index contributed by atoms with van der Waals surface area (Å²) in [5.41, 5.74) is 1.00. The van der Waals surface area contributed by atoms with Crippen LogP contribution in [0.25, 0.3) is 10.8 Å². The average Bonchev–Trinajstić information content (AvgIpc) is 2.23. The summed E-state index contributed by atoms with van der Waals surface area (Å²) in [7, 11) is 0. The smallest absolute Gasteiger partial charge is 0.149 e. The molecule has 0 radical (unpaired) electrons. The van der Waals surface area contributed by atoms with Crippen molar-refractivity contribution in [3.8, 4) is 0 Å². The van der Waals surface area contributed by atoms with Gasteiger partial charge in [-0.3, -0.25) is 0 Å². The van der Waals surface area contributed by atoms with Gasteiger partial charge < -0.3 is 0 Å². The van der Waals surface area contributed by atoms with E-state index in [0.717, 1.165) is 17.4 Å². The highest BCUT2D eigenvalue weighted by Gasteiger charge is 2.08. The van der Waals surface area contributed by atoms with Crippen LogP contribution in [0.15, 0.2) is 30.3 Å². The summed E-state index contributed by atoms with van der Waals surface area (Å²) in [5, 5.41) is 1.76. The minimum absolute atomic E-state index is 0.193. The highest BCUT2D eigenvalue weighted by atomic mass is 35.5. The molecular formula is C12H10ClF. The molecule has 2 rings (SSSR count). The Morgan fingerprint density at radius 1 is 1.21 bits per heavy atom. The molecule has 0 aliphatic rings. The van der Waals surface area contributed by atoms with E-state index in [-0.39, 0.29) is 10.8 Å². The number of hydrogen-bond donors (Lipinski definition) is 0. The van der Waals surface area contributed by atoms with Crippen LogP contribution in [0, 0.1) is 5.82 Å². The number of hydrogen-bond acceptors (Lipinski definition) is 0. The molecule has 0 aliphatic carbocycles. The number of rotatable bonds is 1. The second-order valence-corrected chi connectivity index (χ2v) is 3.64. The fourth-order valence-corrected chi connectivity index (χ4v) is 1.83. The van der Waals surface area contributed by atoms with Crippen molar-refractivity contribution in [3.63, 3.8) is 0 Å². The van der Waals surface area contributed by atoms with Crippen LogP contribution >= 0.6 is 11.6 Å². The lowest BCUT2D eigenvalue weighted by atomic mass is 10.0. The summed E-state index contributed by atoms with van der Waals surface area (Å²) in [4.78, 5) is 0. The quantitative estimate of drug-likeness (QED) is 0.659. The van der Waals surface area contributed by atoms with Gasteiger partial charge in [0.15, 0.2) is 0 Å². The second kappa shape index (κ2) is 3.58. The van der Waals surface area contributed by atoms with E-state index in [0.29, 0.717) is 5.39 Å². The summed E-state index contributed by atoms with van der Waals surface area (Å²) in [6.07, 6.45) is 0.814. The van der Waals surface area contributed by atoms with Gasteiger partial charge in [-0.25, -0.2) is 4.39 Å². The topological polar surface area (TPSA) is 0 Å². The molecular weight excluding hydrogens is 199 g/mol. The molecule has 0 atom stereocenters. The molecule has 0 unspecified atom stereocenters. The molecule has 72 valence electrons. The summed E-state index contributed by atoms with van der Waals surface area (Å²) in [6, 6.07) is 9.21. The molecule has 2 aromatic rings. The Balaban J connectivity index is 2.89. The lowest BCUT2D eigenvalue weighted by Gasteiger charge is -2.06. The molecule has 0 N–H and O–H groups in total. The maximum absolute atomic E-state index is 13.7. The first-order valence-corrected chi connectivity index (χ1v) is 4.97. The number of benzene rings is 2. The van der Waals surface area contributed by atoms with Crippen LogP contribution in [0.2, 0.25) is 5.02 Å². The molecule has 0 saturated carbocycles. The Bertz CT molecular complexity index is 477. The van der Waals surface area contributed by atoms with Crippen molar-refractivity contribution in [1.82, 2.24) is 0 Å². The van der Waals surface area contributed by atoms with Gasteiger partial charge in [-0.2, -0.15) is 0 Å². The monoisotopic (exact) mass is 208 g/mol. The van der Waals surface area contributed by atoms with Gasteiger partial charge in [0.2, 0.25) is 0 Å². The fourth-order valence-electron chi connectivity index (χ4n) is 1.68. The molecule has 0 spiro atoms. The van der Waals surface area contributed by atoms with Crippen molar-refractivity contribution in [2.24, 2.45) is 0 Å². The second-order valence-electron chi connectivity index (χ2n) is 3.23. The number of fused-ring (bicyclic) bond motifs is 1. The van der Waals surface area contributed by atoms with Crippen LogP contribution in [0.5, 0.6) is 0 Å². The predicted octanol–water partition coefficient (Wildman–Crippen LogP) is 4.19. The third-order valence-electron chi connectivity index (χ3n) is 2.40. The summed E-state index contributed by atoms with van der Waals surface area (Å²) in [6.45, 7) is 2.01. The highest BCUT2D eigenvalue weighted by Crippen LogP contribution is 2.27. The lowest BCUT2D eigenvalue weighted by Crippen LogP contribution is -1.88. The fraction of sp³-hybridized carbons (Fsp3) is 0.167. The first kappa shape index (κ1) is 9.47. The normalized spacial score (nSPS) is 10.8. The van der Waals surface area contributed by atoms with Gasteiger partial charge >= 0.3 is 0 Å². The Hall–Kier alpha value is -1.08. The molecule has 0 saturated heterocycles. The van der Waals surface area contributed by atoms with Crippen molar-refractivity contribution in [2.45, 2.75) is 13.3 Å². The molecule has 0 heterocycles. The summed E-state index contributed by atoms with van der Waals surface area (Å²) in [5.74, 6) is -0.304. The van der Waals surface area contributed by atoms with Crippen molar-refractivity contribution in [1.29, 1.82) is 0 Å². The summed E-state index contributed by atoms with van der Waals surface area (Å²) < 4.78 is 13.7. The van der Waals surface area contributed by atoms with E-state index in [1.807, 2.05) is 31.2 Å². The lowest BCUT2D eigenvalue weighted by molar-refractivity contribution is 0.639. The van der Waals surface area contributed by atoms with Crippen molar-refractivity contribution < 1.29 is 4.39 Å². The van der Waals surface area contributed by atoms with E-state index in [9.17, 15) is 4.39 Å². The molecule has 2 aromatic carbocycles. The SMILES string of the molecule is CCc1cccc2ccc(Cl)c(F)c12. The zero-order chi connectivity index (χ0) is 10.1. The Morgan fingerprint density at radius 3 is 2.71 bits per heavy atom. The van der Waals surface area contributed by atoms with Gasteiger partial charge in [0.05, 0.1) is 5.02 Å². The standard InChI is InChI=1S/C12H10ClF/c1-2-8-4-3-5-9-6-7-10(13)12(14)11(8)9/h3-7H,2H2,1H3. The Labute approximate surface area is 87.3 Å². The molecule has 0 aromatic heterocycles. The molecule has 14 heavy (non-hydrogen) atoms. The van der Waals surface area contributed by atoms with E-state index >= 15 is 0 Å². The molecule has 0 aliphatic heterocycles. The third kappa shape index (κ3) is 1.38. The average molecular weight is 209 g/mol. The van der Waals surface area contributed by atoms with E-state index in [1.165, 1.54) is 0 Å². The molecule has 0 nitrogen and oxygen atoms in total. The van der Waals surface area contributed by atoms with E-state index in [2.05, 4.69) is 0 Å². The van der Waals surface area contributed by atoms with Crippen LogP contribution in [0.4, 0.5) is 4.39 Å². The molecule has 0 fully saturated rings. The Kier molecular flexibility index (Phi) is 2.42. The molecule has 0 amide bonds. The van der Waals surface area contributed by atoms with Gasteiger partial charge in [-0.15, -0.1) is 0 Å². The van der Waals surface area contributed by atoms with Crippen molar-refractivity contribution in [2.75, 3.05) is 0 Å². The van der Waals surface area contributed by atoms with Gasteiger partial charge in [-0.05, 0) is 23.4 Å². The summed E-state index contributed by atoms with van der Waals surface area (Å²) >= 11 is 5.74. The highest BCUT2D eigenvalue weighted by molar-refractivity contribution is 6.31. The first-order valence-electron chi connectivity index (χ1n) is 4.59. The van der Waals surface area contributed by atoms with E-state index in [1.54, 1.807) is 6.07 Å².